The van der Waals surface area contributed by atoms with Gasteiger partial charge in [-0.1, -0.05) is 6.92 Å². The van der Waals surface area contributed by atoms with Gasteiger partial charge in [0.25, 0.3) is 22.9 Å². The van der Waals surface area contributed by atoms with Gasteiger partial charge < -0.3 is 32.7 Å². The van der Waals surface area contributed by atoms with Crippen LogP contribution in [-0.2, 0) is 22.7 Å². The zero-order valence-corrected chi connectivity index (χ0v) is 30.3. The molecule has 4 aromatic heterocycles. The van der Waals surface area contributed by atoms with E-state index in [0.717, 1.165) is 11.4 Å². The van der Waals surface area contributed by atoms with Crippen molar-refractivity contribution in [3.05, 3.63) is 104 Å². The Balaban J connectivity index is 0.000000214. The summed E-state index contributed by atoms with van der Waals surface area (Å²) in [5.41, 5.74) is 14.2. The maximum absolute atomic E-state index is 12.0. The van der Waals surface area contributed by atoms with Crippen molar-refractivity contribution in [1.82, 2.24) is 50.5 Å². The van der Waals surface area contributed by atoms with Crippen LogP contribution in [-0.4, -0.2) is 76.3 Å². The number of carbonyl (C=O) groups is 4. The van der Waals surface area contributed by atoms with Crippen LogP contribution in [0.5, 0.6) is 0 Å². The van der Waals surface area contributed by atoms with Crippen molar-refractivity contribution in [1.29, 1.82) is 0 Å². The molecule has 0 aliphatic heterocycles. The molecule has 2 aromatic carbocycles. The van der Waals surface area contributed by atoms with Crippen LogP contribution in [0.2, 0.25) is 0 Å². The van der Waals surface area contributed by atoms with E-state index in [4.69, 9.17) is 11.5 Å². The van der Waals surface area contributed by atoms with Crippen LogP contribution in [0.3, 0.4) is 0 Å². The monoisotopic (exact) mass is 762 g/mol. The average Bonchev–Trinajstić information content (AvgIpc) is 3.18. The number of amides is 2. The number of nitrogens with one attached hydrogen (secondary N) is 6. The number of aromatic nitrogens is 8. The lowest BCUT2D eigenvalue weighted by Crippen LogP contribution is -2.29. The molecule has 6 aromatic rings. The first kappa shape index (κ1) is 39.6. The van der Waals surface area contributed by atoms with Gasteiger partial charge in [0.2, 0.25) is 11.9 Å². The number of fused-ring (bicyclic) bond motifs is 2. The maximum atomic E-state index is 12.0. The Morgan fingerprint density at radius 2 is 1.11 bits per heavy atom. The Bertz CT molecular complexity index is 2500. The molecule has 4 heterocycles. The predicted octanol–water partition coefficient (Wildman–Crippen LogP) is 1.23. The summed E-state index contributed by atoms with van der Waals surface area (Å²) in [4.78, 5) is 99.2. The number of nitrogens with two attached hydrogens (primary N) is 2. The van der Waals surface area contributed by atoms with Crippen molar-refractivity contribution >= 4 is 69.0 Å². The quantitative estimate of drug-likeness (QED) is 0.0774. The van der Waals surface area contributed by atoms with Crippen LogP contribution < -0.4 is 43.9 Å². The fourth-order valence-electron chi connectivity index (χ4n) is 4.84. The molecule has 0 saturated carbocycles. The third-order valence-corrected chi connectivity index (χ3v) is 7.82. The van der Waals surface area contributed by atoms with Gasteiger partial charge in [0.1, 0.15) is 5.78 Å². The van der Waals surface area contributed by atoms with Crippen LogP contribution in [0.15, 0.2) is 70.5 Å². The third kappa shape index (κ3) is 10.9. The van der Waals surface area contributed by atoms with E-state index in [1.807, 2.05) is 0 Å². The molecule has 288 valence electrons. The van der Waals surface area contributed by atoms with Gasteiger partial charge in [-0.15, -0.1) is 0 Å². The zero-order valence-electron chi connectivity index (χ0n) is 30.3. The van der Waals surface area contributed by atoms with Gasteiger partial charge in [-0.05, 0) is 55.5 Å². The Morgan fingerprint density at radius 1 is 0.661 bits per heavy atom. The molecule has 0 saturated heterocycles. The Kier molecular flexibility index (Phi) is 13.0. The highest BCUT2D eigenvalue weighted by atomic mass is 16.2. The molecule has 0 aliphatic rings. The molecule has 0 aliphatic carbocycles. The van der Waals surface area contributed by atoms with Crippen LogP contribution in [0.4, 0.5) is 23.3 Å². The summed E-state index contributed by atoms with van der Waals surface area (Å²) in [7, 11) is 0. The molecule has 0 unspecified atom stereocenters. The molecule has 0 spiro atoms. The van der Waals surface area contributed by atoms with Crippen molar-refractivity contribution in [2.45, 2.75) is 39.8 Å². The molecule has 0 fully saturated rings. The molecule has 56 heavy (non-hydrogen) atoms. The van der Waals surface area contributed by atoms with Crippen LogP contribution in [0.25, 0.3) is 22.3 Å². The number of rotatable bonds is 14. The second kappa shape index (κ2) is 18.4. The average molecular weight is 763 g/mol. The van der Waals surface area contributed by atoms with Crippen LogP contribution in [0, 0.1) is 0 Å². The van der Waals surface area contributed by atoms with Gasteiger partial charge in [-0.3, -0.25) is 38.7 Å². The molecule has 10 N–H and O–H groups in total. The van der Waals surface area contributed by atoms with Crippen molar-refractivity contribution in [2.24, 2.45) is 0 Å². The van der Waals surface area contributed by atoms with E-state index in [-0.39, 0.29) is 64.2 Å². The second-order valence-electron chi connectivity index (χ2n) is 12.1. The summed E-state index contributed by atoms with van der Waals surface area (Å²) in [5, 5.41) is 11.5. The third-order valence-electron chi connectivity index (χ3n) is 7.82. The number of H-pyrrole nitrogens is 2. The minimum Gasteiger partial charge on any atom is -0.379 e. The lowest BCUT2D eigenvalue weighted by atomic mass is 10.2. The zero-order chi connectivity index (χ0) is 40.2. The largest absolute Gasteiger partial charge is 0.379 e. The summed E-state index contributed by atoms with van der Waals surface area (Å²) in [6.45, 7) is 4.22. The minimum atomic E-state index is -0.450. The van der Waals surface area contributed by atoms with Gasteiger partial charge in [-0.25, -0.2) is 19.9 Å². The summed E-state index contributed by atoms with van der Waals surface area (Å²) >= 11 is 0. The minimum absolute atomic E-state index is 0.0110. The van der Waals surface area contributed by atoms with Gasteiger partial charge in [0, 0.05) is 41.9 Å². The first-order chi connectivity index (χ1) is 26.9. The summed E-state index contributed by atoms with van der Waals surface area (Å²) in [6.07, 6.45) is 3.71. The van der Waals surface area contributed by atoms with E-state index in [1.165, 1.54) is 19.3 Å². The first-order valence-corrected chi connectivity index (χ1v) is 17.2. The number of hydrogen-bond donors (Lipinski definition) is 8. The summed E-state index contributed by atoms with van der Waals surface area (Å²) < 4.78 is 0. The van der Waals surface area contributed by atoms with Crippen molar-refractivity contribution in [3.8, 4) is 0 Å². The number of nitrogen functional groups attached to an aromatic ring is 2. The van der Waals surface area contributed by atoms with E-state index in [2.05, 4.69) is 61.1 Å². The highest BCUT2D eigenvalue weighted by Gasteiger charge is 2.10. The number of nitrogens with zero attached hydrogens (tertiary/aromatic N) is 6. The molecule has 2 amide bonds. The van der Waals surface area contributed by atoms with Crippen LogP contribution in [0.1, 0.15) is 58.8 Å². The summed E-state index contributed by atoms with van der Waals surface area (Å²) in [5.74, 6) is -0.569. The van der Waals surface area contributed by atoms with E-state index in [1.54, 1.807) is 55.5 Å². The fourth-order valence-corrected chi connectivity index (χ4v) is 4.84. The standard InChI is InChI=1S/2C18H19N7O3/c1-10(26)6-7-20-16(27)11-2-4-12(5-3-11)21-8-13-9-22-15-14(23-13)17(28)25-18(19)24-15;1-2-13(26)9-22-16(27)10-3-5-11(6-4-10)20-7-12-8-21-15-14(23-12)17(28)25-18(19)24-15/h2-5,9,21H,6-8H2,1H3,(H,20,27)(H3,19,22,24,25,28);3-6,8,20H,2,7,9H2,1H3,(H,22,27)(H3,19,21,24,25,28). The van der Waals surface area contributed by atoms with Gasteiger partial charge in [0.15, 0.2) is 28.1 Å². The number of benzene rings is 2. The van der Waals surface area contributed by atoms with Gasteiger partial charge in [-0.2, -0.15) is 9.97 Å². The second-order valence-corrected chi connectivity index (χ2v) is 12.1. The SMILES string of the molecule is CC(=O)CCNC(=O)c1ccc(NCc2cnc3nc(N)[nH]c(=O)c3n2)cc1.CCC(=O)CNC(=O)c1ccc(NCc2cnc3nc(N)[nH]c(=O)c3n2)cc1. The van der Waals surface area contributed by atoms with Gasteiger partial charge >= 0.3 is 0 Å². The molecule has 6 rings (SSSR count). The predicted molar refractivity (Wildman–Crippen MR) is 208 cm³/mol. The van der Waals surface area contributed by atoms with E-state index in [0.29, 0.717) is 55.0 Å². The number of hydrogen-bond acceptors (Lipinski definition) is 16. The number of anilines is 4. The molecular formula is C36H38N14O6. The number of aromatic amines is 2. The lowest BCUT2D eigenvalue weighted by Gasteiger charge is -2.08. The van der Waals surface area contributed by atoms with Crippen LogP contribution >= 0.6 is 0 Å². The molecule has 0 bridgehead atoms. The smallest absolute Gasteiger partial charge is 0.280 e. The van der Waals surface area contributed by atoms with E-state index < -0.39 is 11.1 Å². The van der Waals surface area contributed by atoms with Crippen molar-refractivity contribution < 1.29 is 19.2 Å². The Morgan fingerprint density at radius 3 is 1.54 bits per heavy atom. The topological polar surface area (TPSA) is 311 Å². The molecule has 0 atom stereocenters. The fraction of sp³-hybridized carbons (Fsp3) is 0.222. The Labute approximate surface area is 317 Å². The maximum Gasteiger partial charge on any atom is 0.280 e. The van der Waals surface area contributed by atoms with E-state index >= 15 is 0 Å². The first-order valence-electron chi connectivity index (χ1n) is 17.2. The molecule has 0 radical (unpaired) electrons. The number of Topliss-reactive ketones (excluding diaryl/α,β-unsaturated/α-hetero) is 2. The molecule has 20 heteroatoms. The Hall–Kier alpha value is -7.64. The molecular weight excluding hydrogens is 724 g/mol. The lowest BCUT2D eigenvalue weighted by molar-refractivity contribution is -0.118. The van der Waals surface area contributed by atoms with E-state index in [9.17, 15) is 28.8 Å². The normalized spacial score (nSPS) is 10.6. The highest BCUT2D eigenvalue weighted by Crippen LogP contribution is 2.13. The summed E-state index contributed by atoms with van der Waals surface area (Å²) in [6, 6.07) is 13.6. The molecule has 20 nitrogen and oxygen atoms in total. The van der Waals surface area contributed by atoms with Crippen molar-refractivity contribution in [2.75, 3.05) is 35.2 Å². The number of carbonyl (C=O) groups excluding carboxylic acids is 4. The van der Waals surface area contributed by atoms with Gasteiger partial charge in [0.05, 0.1) is 43.4 Å². The van der Waals surface area contributed by atoms with Crippen molar-refractivity contribution in [3.63, 3.8) is 0 Å². The number of ketones is 2. The highest BCUT2D eigenvalue weighted by molar-refractivity contribution is 5.97.